The van der Waals surface area contributed by atoms with E-state index in [1.54, 1.807) is 0 Å². The van der Waals surface area contributed by atoms with Crippen LogP contribution in [0.25, 0.3) is 0 Å². The molecule has 4 heteroatoms. The van der Waals surface area contributed by atoms with Crippen LogP contribution in [0.4, 0.5) is 0 Å². The predicted octanol–water partition coefficient (Wildman–Crippen LogP) is 3.52. The summed E-state index contributed by atoms with van der Waals surface area (Å²) >= 11 is 0. The largest absolute Gasteiger partial charge is 0.463 e. The van der Waals surface area contributed by atoms with Crippen LogP contribution in [0, 0.1) is 0 Å². The van der Waals surface area contributed by atoms with Gasteiger partial charge < -0.3 is 9.64 Å². The van der Waals surface area contributed by atoms with Gasteiger partial charge in [0.25, 0.3) is 0 Å². The van der Waals surface area contributed by atoms with Gasteiger partial charge in [-0.2, -0.15) is 0 Å². The summed E-state index contributed by atoms with van der Waals surface area (Å²) in [6.07, 6.45) is 0. The SMILES string of the molecule is CN(C)CCOC(=O)C(C)(c1ccccc1)c1ccccc1.Cl. The summed E-state index contributed by atoms with van der Waals surface area (Å²) in [6, 6.07) is 19.6. The summed E-state index contributed by atoms with van der Waals surface area (Å²) < 4.78 is 5.55. The first-order chi connectivity index (χ1) is 10.5. The van der Waals surface area contributed by atoms with Gasteiger partial charge in [0.1, 0.15) is 12.0 Å². The number of likely N-dealkylation sites (N-methyl/N-ethyl adjacent to an activating group) is 1. The van der Waals surface area contributed by atoms with Gasteiger partial charge in [-0.3, -0.25) is 4.79 Å². The lowest BCUT2D eigenvalue weighted by atomic mass is 9.76. The Balaban J connectivity index is 0.00000264. The average molecular weight is 334 g/mol. The zero-order valence-electron chi connectivity index (χ0n) is 13.9. The predicted molar refractivity (Wildman–Crippen MR) is 96.1 cm³/mol. The van der Waals surface area contributed by atoms with E-state index >= 15 is 0 Å². The summed E-state index contributed by atoms with van der Waals surface area (Å²) in [5.74, 6) is -0.216. The molecule has 3 nitrogen and oxygen atoms in total. The number of ether oxygens (including phenoxy) is 1. The zero-order chi connectivity index (χ0) is 16.0. The molecule has 0 heterocycles. The summed E-state index contributed by atoms with van der Waals surface area (Å²) in [6.45, 7) is 3.03. The van der Waals surface area contributed by atoms with E-state index in [2.05, 4.69) is 0 Å². The molecule has 0 amide bonds. The molecule has 0 aliphatic carbocycles. The molecule has 23 heavy (non-hydrogen) atoms. The topological polar surface area (TPSA) is 29.5 Å². The molecule has 0 saturated carbocycles. The van der Waals surface area contributed by atoms with Crippen LogP contribution in [0.1, 0.15) is 18.1 Å². The number of benzene rings is 2. The standard InChI is InChI=1S/C19H23NO2.ClH/c1-19(16-10-6-4-7-11-16,17-12-8-5-9-13-17)18(21)22-15-14-20(2)3;/h4-13H,14-15H2,1-3H3;1H. The number of esters is 1. The van der Waals surface area contributed by atoms with Crippen molar-refractivity contribution in [1.82, 2.24) is 4.90 Å². The maximum atomic E-state index is 12.8. The fraction of sp³-hybridized carbons (Fsp3) is 0.316. The third-order valence-electron chi connectivity index (χ3n) is 3.88. The minimum absolute atomic E-state index is 0. The van der Waals surface area contributed by atoms with Crippen LogP contribution in [0.15, 0.2) is 60.7 Å². The van der Waals surface area contributed by atoms with Crippen molar-refractivity contribution in [2.45, 2.75) is 12.3 Å². The Hall–Kier alpha value is -1.84. The van der Waals surface area contributed by atoms with Crippen LogP contribution in [-0.2, 0) is 14.9 Å². The molecule has 2 aromatic carbocycles. The van der Waals surface area contributed by atoms with Gasteiger partial charge in [-0.25, -0.2) is 0 Å². The van der Waals surface area contributed by atoms with Gasteiger partial charge in [0.15, 0.2) is 0 Å². The molecule has 124 valence electrons. The highest BCUT2D eigenvalue weighted by Gasteiger charge is 2.38. The Bertz CT molecular complexity index is 560. The van der Waals surface area contributed by atoms with E-state index in [1.165, 1.54) is 0 Å². The van der Waals surface area contributed by atoms with Crippen molar-refractivity contribution in [2.75, 3.05) is 27.2 Å². The minimum Gasteiger partial charge on any atom is -0.463 e. The van der Waals surface area contributed by atoms with Crippen LogP contribution < -0.4 is 0 Å². The van der Waals surface area contributed by atoms with Crippen LogP contribution in [0.5, 0.6) is 0 Å². The van der Waals surface area contributed by atoms with Crippen molar-refractivity contribution < 1.29 is 9.53 Å². The van der Waals surface area contributed by atoms with Gasteiger partial charge in [0, 0.05) is 6.54 Å². The summed E-state index contributed by atoms with van der Waals surface area (Å²) in [4.78, 5) is 14.8. The third-order valence-corrected chi connectivity index (χ3v) is 3.88. The molecule has 0 N–H and O–H groups in total. The number of halogens is 1. The Kier molecular flexibility index (Phi) is 7.27. The van der Waals surface area contributed by atoms with Gasteiger partial charge in [0.05, 0.1) is 0 Å². The monoisotopic (exact) mass is 333 g/mol. The van der Waals surface area contributed by atoms with Crippen molar-refractivity contribution in [2.24, 2.45) is 0 Å². The smallest absolute Gasteiger partial charge is 0.320 e. The number of nitrogens with zero attached hydrogens (tertiary/aromatic N) is 1. The molecule has 0 spiro atoms. The second-order valence-corrected chi connectivity index (χ2v) is 5.80. The second-order valence-electron chi connectivity index (χ2n) is 5.80. The van der Waals surface area contributed by atoms with Gasteiger partial charge in [0.2, 0.25) is 0 Å². The highest BCUT2D eigenvalue weighted by Crippen LogP contribution is 2.33. The molecule has 0 aliphatic rings. The summed E-state index contributed by atoms with van der Waals surface area (Å²) in [7, 11) is 3.92. The van der Waals surface area contributed by atoms with Gasteiger partial charge in [-0.1, -0.05) is 60.7 Å². The van der Waals surface area contributed by atoms with E-state index in [0.29, 0.717) is 13.2 Å². The highest BCUT2D eigenvalue weighted by atomic mass is 35.5. The highest BCUT2D eigenvalue weighted by molar-refractivity contribution is 5.87. The van der Waals surface area contributed by atoms with Crippen molar-refractivity contribution in [1.29, 1.82) is 0 Å². The molecule has 0 saturated heterocycles. The lowest BCUT2D eigenvalue weighted by Crippen LogP contribution is -2.37. The molecular formula is C19H24ClNO2. The van der Waals surface area contributed by atoms with Crippen molar-refractivity contribution in [3.8, 4) is 0 Å². The summed E-state index contributed by atoms with van der Waals surface area (Å²) in [5, 5.41) is 0. The van der Waals surface area contributed by atoms with E-state index in [4.69, 9.17) is 4.74 Å². The van der Waals surface area contributed by atoms with E-state index in [9.17, 15) is 4.79 Å². The van der Waals surface area contributed by atoms with Crippen LogP contribution >= 0.6 is 12.4 Å². The van der Waals surface area contributed by atoms with E-state index < -0.39 is 5.41 Å². The van der Waals surface area contributed by atoms with Crippen molar-refractivity contribution in [3.05, 3.63) is 71.8 Å². The lowest BCUT2D eigenvalue weighted by molar-refractivity contribution is -0.148. The number of rotatable bonds is 6. The molecule has 0 fully saturated rings. The van der Waals surface area contributed by atoms with Crippen molar-refractivity contribution >= 4 is 18.4 Å². The minimum atomic E-state index is -0.797. The lowest BCUT2D eigenvalue weighted by Gasteiger charge is -2.29. The Morgan fingerprint density at radius 1 is 0.957 bits per heavy atom. The molecule has 0 bridgehead atoms. The molecule has 0 unspecified atom stereocenters. The first-order valence-corrected chi connectivity index (χ1v) is 7.48. The molecule has 0 radical (unpaired) electrons. The number of carbonyl (C=O) groups is 1. The average Bonchev–Trinajstić information content (AvgIpc) is 2.55. The Morgan fingerprint density at radius 2 is 1.39 bits per heavy atom. The maximum Gasteiger partial charge on any atom is 0.320 e. The molecule has 2 aromatic rings. The first-order valence-electron chi connectivity index (χ1n) is 7.48. The quantitative estimate of drug-likeness (QED) is 0.757. The fourth-order valence-corrected chi connectivity index (χ4v) is 2.41. The third kappa shape index (κ3) is 4.57. The second kappa shape index (κ2) is 8.70. The molecule has 2 rings (SSSR count). The van der Waals surface area contributed by atoms with Gasteiger partial charge in [-0.15, -0.1) is 12.4 Å². The van der Waals surface area contributed by atoms with Crippen LogP contribution in [0.3, 0.4) is 0 Å². The molecule has 0 aromatic heterocycles. The molecule has 0 atom stereocenters. The van der Waals surface area contributed by atoms with E-state index in [1.807, 2.05) is 86.6 Å². The fourth-order valence-electron chi connectivity index (χ4n) is 2.41. The number of hydrogen-bond donors (Lipinski definition) is 0. The van der Waals surface area contributed by atoms with E-state index in [0.717, 1.165) is 11.1 Å². The van der Waals surface area contributed by atoms with Gasteiger partial charge in [-0.05, 0) is 32.1 Å². The van der Waals surface area contributed by atoms with E-state index in [-0.39, 0.29) is 18.4 Å². The molecule has 0 aliphatic heterocycles. The normalized spacial score (nSPS) is 11.0. The van der Waals surface area contributed by atoms with Gasteiger partial charge >= 0.3 is 5.97 Å². The first kappa shape index (κ1) is 19.2. The maximum absolute atomic E-state index is 12.8. The Labute approximate surface area is 144 Å². The van der Waals surface area contributed by atoms with Crippen molar-refractivity contribution in [3.63, 3.8) is 0 Å². The number of carbonyl (C=O) groups excluding carboxylic acids is 1. The molecular weight excluding hydrogens is 310 g/mol. The Morgan fingerprint density at radius 3 is 1.78 bits per heavy atom. The summed E-state index contributed by atoms with van der Waals surface area (Å²) in [5.41, 5.74) is 1.08. The number of hydrogen-bond acceptors (Lipinski definition) is 3. The van der Waals surface area contributed by atoms with Crippen LogP contribution in [0.2, 0.25) is 0 Å². The van der Waals surface area contributed by atoms with Crippen LogP contribution in [-0.4, -0.2) is 38.1 Å². The zero-order valence-corrected chi connectivity index (χ0v) is 14.7.